The number of fused-ring (bicyclic) bond motifs is 1. The molecule has 3 rings (SSSR count). The highest BCUT2D eigenvalue weighted by Crippen LogP contribution is 2.35. The summed E-state index contributed by atoms with van der Waals surface area (Å²) in [5.41, 5.74) is 0.627. The maximum Gasteiger partial charge on any atom is 0.293 e. The molecule has 8 nitrogen and oxygen atoms in total. The Hall–Kier alpha value is -3.39. The molecular weight excluding hydrogens is 350 g/mol. The second-order valence-electron chi connectivity index (χ2n) is 5.99. The Kier molecular flexibility index (Phi) is 5.09. The van der Waals surface area contributed by atoms with E-state index in [0.717, 1.165) is 0 Å². The van der Waals surface area contributed by atoms with Crippen molar-refractivity contribution < 1.29 is 15.1 Å². The number of likely N-dealkylation sites (N-methyl/N-ethyl adjacent to an activating group) is 1. The minimum absolute atomic E-state index is 0.124. The molecule has 3 N–H and O–H groups in total. The van der Waals surface area contributed by atoms with Crippen molar-refractivity contribution in [3.05, 3.63) is 62.8 Å². The Morgan fingerprint density at radius 1 is 1.22 bits per heavy atom. The zero-order chi connectivity index (χ0) is 19.6. The Bertz CT molecular complexity index is 1060. The number of aromatic hydroxyl groups is 1. The largest absolute Gasteiger partial charge is 0.503 e. The summed E-state index contributed by atoms with van der Waals surface area (Å²) in [5.74, 6) is -0.488. The number of aromatic amines is 1. The predicted molar refractivity (Wildman–Crippen MR) is 103 cm³/mol. The van der Waals surface area contributed by atoms with Gasteiger partial charge in [0.05, 0.1) is 17.2 Å². The monoisotopic (exact) mass is 369 g/mol. The molecule has 0 saturated carbocycles. The van der Waals surface area contributed by atoms with E-state index in [4.69, 9.17) is 0 Å². The lowest BCUT2D eigenvalue weighted by Crippen LogP contribution is -2.26. The van der Waals surface area contributed by atoms with Gasteiger partial charge < -0.3 is 20.1 Å². The van der Waals surface area contributed by atoms with Crippen LogP contribution in [0.2, 0.25) is 0 Å². The van der Waals surface area contributed by atoms with Crippen molar-refractivity contribution in [2.45, 2.75) is 6.92 Å². The van der Waals surface area contributed by atoms with E-state index < -0.39 is 16.1 Å². The number of benzene rings is 2. The Morgan fingerprint density at radius 3 is 2.63 bits per heavy atom. The van der Waals surface area contributed by atoms with Gasteiger partial charge in [0, 0.05) is 35.6 Å². The van der Waals surface area contributed by atoms with Crippen molar-refractivity contribution in [1.29, 1.82) is 0 Å². The molecule has 0 radical (unpaired) electrons. The number of hydrogen-bond acceptors (Lipinski definition) is 6. The van der Waals surface area contributed by atoms with Gasteiger partial charge in [0.1, 0.15) is 5.69 Å². The van der Waals surface area contributed by atoms with Gasteiger partial charge in [0.15, 0.2) is 5.75 Å². The van der Waals surface area contributed by atoms with Crippen LogP contribution in [-0.2, 0) is 0 Å². The molecule has 0 bridgehead atoms. The SMILES string of the molecule is CCN(CCO)c1ccc(-c2[nH]c3ccccc3c(=O)c2O)cc1[N+](=O)[O-]. The van der Waals surface area contributed by atoms with Gasteiger partial charge in [-0.1, -0.05) is 18.2 Å². The van der Waals surface area contributed by atoms with Gasteiger partial charge in [-0.05, 0) is 25.1 Å². The number of aliphatic hydroxyl groups is 1. The molecule has 0 fully saturated rings. The van der Waals surface area contributed by atoms with E-state index in [1.807, 2.05) is 6.92 Å². The Labute approximate surface area is 154 Å². The summed E-state index contributed by atoms with van der Waals surface area (Å²) < 4.78 is 0. The number of H-pyrrole nitrogens is 1. The minimum Gasteiger partial charge on any atom is -0.503 e. The zero-order valence-electron chi connectivity index (χ0n) is 14.7. The van der Waals surface area contributed by atoms with Crippen molar-refractivity contribution in [1.82, 2.24) is 4.98 Å². The highest BCUT2D eigenvalue weighted by molar-refractivity contribution is 5.85. The van der Waals surface area contributed by atoms with Gasteiger partial charge in [-0.15, -0.1) is 0 Å². The second kappa shape index (κ2) is 7.46. The lowest BCUT2D eigenvalue weighted by atomic mass is 10.1. The third-order valence-corrected chi connectivity index (χ3v) is 4.44. The fraction of sp³-hybridized carbons (Fsp3) is 0.211. The van der Waals surface area contributed by atoms with E-state index >= 15 is 0 Å². The number of aromatic nitrogens is 1. The maximum atomic E-state index is 12.4. The molecule has 27 heavy (non-hydrogen) atoms. The first-order valence-corrected chi connectivity index (χ1v) is 8.46. The molecule has 2 aromatic carbocycles. The first kappa shape index (κ1) is 18.4. The van der Waals surface area contributed by atoms with E-state index in [1.54, 1.807) is 41.3 Å². The van der Waals surface area contributed by atoms with Crippen LogP contribution in [0.25, 0.3) is 22.2 Å². The molecule has 3 aromatic rings. The molecular formula is C19H19N3O5. The summed E-state index contributed by atoms with van der Waals surface area (Å²) in [6.07, 6.45) is 0. The fourth-order valence-electron chi connectivity index (χ4n) is 3.10. The molecule has 0 aliphatic carbocycles. The average molecular weight is 369 g/mol. The van der Waals surface area contributed by atoms with Crippen molar-refractivity contribution >= 4 is 22.3 Å². The topological polar surface area (TPSA) is 120 Å². The average Bonchev–Trinajstić information content (AvgIpc) is 2.68. The van der Waals surface area contributed by atoms with Crippen LogP contribution in [-0.4, -0.2) is 39.8 Å². The molecule has 0 amide bonds. The summed E-state index contributed by atoms with van der Waals surface area (Å²) in [6, 6.07) is 11.2. The molecule has 0 aliphatic rings. The standard InChI is InChI=1S/C19H19N3O5/c1-2-21(9-10-23)15-8-7-12(11-16(15)22(26)27)17-19(25)18(24)13-5-3-4-6-14(13)20-17/h3-8,11,23,25H,2,9-10H2,1H3,(H,20,24). The number of nitrogens with one attached hydrogen (secondary N) is 1. The summed E-state index contributed by atoms with van der Waals surface area (Å²) in [6.45, 7) is 2.44. The number of anilines is 1. The molecule has 1 heterocycles. The van der Waals surface area contributed by atoms with Crippen LogP contribution in [0, 0.1) is 10.1 Å². The van der Waals surface area contributed by atoms with Crippen molar-refractivity contribution in [3.63, 3.8) is 0 Å². The number of para-hydroxylation sites is 1. The lowest BCUT2D eigenvalue weighted by molar-refractivity contribution is -0.384. The Balaban J connectivity index is 2.20. The molecule has 140 valence electrons. The number of nitro benzene ring substituents is 1. The summed E-state index contributed by atoms with van der Waals surface area (Å²) in [7, 11) is 0. The third-order valence-electron chi connectivity index (χ3n) is 4.44. The highest BCUT2D eigenvalue weighted by atomic mass is 16.6. The summed E-state index contributed by atoms with van der Waals surface area (Å²) in [4.78, 5) is 28.1. The van der Waals surface area contributed by atoms with Gasteiger partial charge in [-0.3, -0.25) is 14.9 Å². The van der Waals surface area contributed by atoms with E-state index in [-0.39, 0.29) is 24.5 Å². The number of nitro groups is 1. The van der Waals surface area contributed by atoms with Gasteiger partial charge in [-0.25, -0.2) is 0 Å². The quantitative estimate of drug-likeness (QED) is 0.454. The first-order valence-electron chi connectivity index (χ1n) is 8.46. The number of nitrogens with zero attached hydrogens (tertiary/aromatic N) is 2. The normalized spacial score (nSPS) is 10.9. The van der Waals surface area contributed by atoms with Crippen LogP contribution >= 0.6 is 0 Å². The van der Waals surface area contributed by atoms with E-state index in [9.17, 15) is 25.1 Å². The van der Waals surface area contributed by atoms with E-state index in [2.05, 4.69) is 4.98 Å². The molecule has 0 saturated heterocycles. The van der Waals surface area contributed by atoms with E-state index in [1.165, 1.54) is 6.07 Å². The number of hydrogen-bond donors (Lipinski definition) is 3. The van der Waals surface area contributed by atoms with Gasteiger partial charge in [0.25, 0.3) is 5.69 Å². The minimum atomic E-state index is -0.540. The van der Waals surface area contributed by atoms with Gasteiger partial charge in [-0.2, -0.15) is 0 Å². The number of rotatable bonds is 6. The number of pyridine rings is 1. The molecule has 1 aromatic heterocycles. The zero-order valence-corrected chi connectivity index (χ0v) is 14.7. The third kappa shape index (κ3) is 3.34. The molecule has 8 heteroatoms. The Morgan fingerprint density at radius 2 is 1.96 bits per heavy atom. The van der Waals surface area contributed by atoms with Crippen molar-refractivity contribution in [2.24, 2.45) is 0 Å². The maximum absolute atomic E-state index is 12.4. The van der Waals surface area contributed by atoms with E-state index in [0.29, 0.717) is 28.7 Å². The van der Waals surface area contributed by atoms with Crippen molar-refractivity contribution in [2.75, 3.05) is 24.6 Å². The highest BCUT2D eigenvalue weighted by Gasteiger charge is 2.21. The van der Waals surface area contributed by atoms with Crippen LogP contribution in [0.4, 0.5) is 11.4 Å². The summed E-state index contributed by atoms with van der Waals surface area (Å²) >= 11 is 0. The smallest absolute Gasteiger partial charge is 0.293 e. The van der Waals surface area contributed by atoms with Crippen LogP contribution in [0.1, 0.15) is 6.92 Å². The lowest BCUT2D eigenvalue weighted by Gasteiger charge is -2.22. The molecule has 0 unspecified atom stereocenters. The second-order valence-corrected chi connectivity index (χ2v) is 5.99. The van der Waals surface area contributed by atoms with Crippen LogP contribution in [0.15, 0.2) is 47.3 Å². The molecule has 0 atom stereocenters. The van der Waals surface area contributed by atoms with Gasteiger partial charge in [0.2, 0.25) is 5.43 Å². The first-order chi connectivity index (χ1) is 13.0. The van der Waals surface area contributed by atoms with Crippen LogP contribution < -0.4 is 10.3 Å². The molecule has 0 spiro atoms. The van der Waals surface area contributed by atoms with Crippen LogP contribution in [0.3, 0.4) is 0 Å². The summed E-state index contributed by atoms with van der Waals surface area (Å²) in [5, 5.41) is 31.4. The van der Waals surface area contributed by atoms with Gasteiger partial charge >= 0.3 is 0 Å². The fourth-order valence-corrected chi connectivity index (χ4v) is 3.10. The predicted octanol–water partition coefficient (Wildman–Crippen LogP) is 2.63. The van der Waals surface area contributed by atoms with Crippen molar-refractivity contribution in [3.8, 4) is 17.0 Å². The molecule has 0 aliphatic heterocycles. The van der Waals surface area contributed by atoms with Crippen LogP contribution in [0.5, 0.6) is 5.75 Å². The number of aliphatic hydroxyl groups excluding tert-OH is 1.